The minimum Gasteiger partial charge on any atom is -0.496 e. The molecule has 0 aromatic heterocycles. The van der Waals surface area contributed by atoms with E-state index in [2.05, 4.69) is 32.9 Å². The van der Waals surface area contributed by atoms with Gasteiger partial charge in [0.1, 0.15) is 5.75 Å². The highest BCUT2D eigenvalue weighted by atomic mass is 35.5. The Morgan fingerprint density at radius 3 is 2.22 bits per heavy atom. The van der Waals surface area contributed by atoms with Crippen molar-refractivity contribution in [1.82, 2.24) is 0 Å². The van der Waals surface area contributed by atoms with Crippen LogP contribution in [0.4, 0.5) is 0 Å². The van der Waals surface area contributed by atoms with Crippen LogP contribution in [0.15, 0.2) is 30.3 Å². The maximum absolute atomic E-state index is 6.36. The zero-order valence-electron chi connectivity index (χ0n) is 11.2. The maximum atomic E-state index is 6.36. The van der Waals surface area contributed by atoms with Crippen molar-refractivity contribution in [2.24, 2.45) is 0 Å². The number of rotatable bonds is 2. The highest BCUT2D eigenvalue weighted by molar-refractivity contribution is 6.33. The van der Waals surface area contributed by atoms with Gasteiger partial charge in [0.25, 0.3) is 0 Å². The first-order chi connectivity index (χ1) is 8.52. The Balaban J connectivity index is 2.68. The summed E-state index contributed by atoms with van der Waals surface area (Å²) >= 11 is 6.36. The number of aryl methyl sites for hydroxylation is 3. The summed E-state index contributed by atoms with van der Waals surface area (Å²) in [6, 6.07) is 10.3. The third-order valence-corrected chi connectivity index (χ3v) is 3.54. The summed E-state index contributed by atoms with van der Waals surface area (Å²) in [6.45, 7) is 6.23. The van der Waals surface area contributed by atoms with E-state index >= 15 is 0 Å². The monoisotopic (exact) mass is 260 g/mol. The van der Waals surface area contributed by atoms with Crippen molar-refractivity contribution in [3.05, 3.63) is 52.0 Å². The number of methoxy groups -OCH3 is 1. The molecule has 18 heavy (non-hydrogen) atoms. The van der Waals surface area contributed by atoms with Crippen LogP contribution in [0.3, 0.4) is 0 Å². The third-order valence-electron chi connectivity index (χ3n) is 3.23. The van der Waals surface area contributed by atoms with Crippen molar-refractivity contribution in [2.75, 3.05) is 7.11 Å². The van der Waals surface area contributed by atoms with Gasteiger partial charge in [-0.3, -0.25) is 0 Å². The Kier molecular flexibility index (Phi) is 3.63. The van der Waals surface area contributed by atoms with E-state index in [-0.39, 0.29) is 0 Å². The number of hydrogen-bond donors (Lipinski definition) is 0. The van der Waals surface area contributed by atoms with Gasteiger partial charge in [-0.25, -0.2) is 0 Å². The number of benzene rings is 2. The minimum absolute atomic E-state index is 0.766. The third kappa shape index (κ3) is 2.37. The van der Waals surface area contributed by atoms with Crippen LogP contribution in [0.1, 0.15) is 16.7 Å². The zero-order valence-corrected chi connectivity index (χ0v) is 11.9. The van der Waals surface area contributed by atoms with Crippen LogP contribution in [0.25, 0.3) is 11.1 Å². The summed E-state index contributed by atoms with van der Waals surface area (Å²) in [4.78, 5) is 0. The summed E-state index contributed by atoms with van der Waals surface area (Å²) in [5.74, 6) is 0.853. The van der Waals surface area contributed by atoms with Crippen molar-refractivity contribution in [3.8, 4) is 16.9 Å². The Morgan fingerprint density at radius 1 is 0.889 bits per heavy atom. The van der Waals surface area contributed by atoms with Gasteiger partial charge in [0.2, 0.25) is 0 Å². The lowest BCUT2D eigenvalue weighted by molar-refractivity contribution is 0.416. The highest BCUT2D eigenvalue weighted by Gasteiger charge is 2.11. The highest BCUT2D eigenvalue weighted by Crippen LogP contribution is 2.36. The summed E-state index contributed by atoms with van der Waals surface area (Å²) < 4.78 is 5.42. The van der Waals surface area contributed by atoms with Crippen LogP contribution >= 0.6 is 11.6 Å². The second kappa shape index (κ2) is 5.03. The van der Waals surface area contributed by atoms with E-state index in [0.29, 0.717) is 0 Å². The smallest absolute Gasteiger partial charge is 0.126 e. The maximum Gasteiger partial charge on any atom is 0.126 e. The van der Waals surface area contributed by atoms with Gasteiger partial charge in [-0.15, -0.1) is 0 Å². The first-order valence-corrected chi connectivity index (χ1v) is 6.32. The molecular formula is C16H17ClO. The van der Waals surface area contributed by atoms with Crippen LogP contribution in [-0.4, -0.2) is 7.11 Å². The van der Waals surface area contributed by atoms with Gasteiger partial charge in [-0.1, -0.05) is 23.2 Å². The number of hydrogen-bond acceptors (Lipinski definition) is 1. The molecule has 0 bridgehead atoms. The van der Waals surface area contributed by atoms with E-state index < -0.39 is 0 Å². The molecule has 0 spiro atoms. The minimum atomic E-state index is 0.766. The molecule has 0 aliphatic carbocycles. The van der Waals surface area contributed by atoms with E-state index in [4.69, 9.17) is 16.3 Å². The first-order valence-electron chi connectivity index (χ1n) is 5.94. The molecule has 2 heteroatoms. The second-order valence-electron chi connectivity index (χ2n) is 4.62. The molecule has 2 aromatic carbocycles. The predicted molar refractivity (Wildman–Crippen MR) is 77.7 cm³/mol. The van der Waals surface area contributed by atoms with Gasteiger partial charge in [-0.2, -0.15) is 0 Å². The molecule has 0 unspecified atom stereocenters. The van der Waals surface area contributed by atoms with Gasteiger partial charge < -0.3 is 4.74 Å². The molecular weight excluding hydrogens is 244 g/mol. The molecule has 0 heterocycles. The molecule has 0 aliphatic heterocycles. The molecule has 2 rings (SSSR count). The van der Waals surface area contributed by atoms with Crippen molar-refractivity contribution >= 4 is 11.6 Å². The van der Waals surface area contributed by atoms with E-state index in [1.807, 2.05) is 18.2 Å². The summed E-state index contributed by atoms with van der Waals surface area (Å²) in [7, 11) is 1.68. The fourth-order valence-corrected chi connectivity index (χ4v) is 2.34. The summed E-state index contributed by atoms with van der Waals surface area (Å²) in [6.07, 6.45) is 0. The molecule has 0 aliphatic rings. The second-order valence-corrected chi connectivity index (χ2v) is 5.03. The summed E-state index contributed by atoms with van der Waals surface area (Å²) in [5, 5.41) is 0.766. The van der Waals surface area contributed by atoms with Crippen LogP contribution in [-0.2, 0) is 0 Å². The molecule has 0 N–H and O–H groups in total. The van der Waals surface area contributed by atoms with Gasteiger partial charge in [0.15, 0.2) is 0 Å². The molecule has 0 amide bonds. The average Bonchev–Trinajstić information content (AvgIpc) is 2.34. The van der Waals surface area contributed by atoms with Gasteiger partial charge in [0.05, 0.1) is 7.11 Å². The molecule has 0 atom stereocenters. The van der Waals surface area contributed by atoms with Crippen LogP contribution < -0.4 is 4.74 Å². The predicted octanol–water partition coefficient (Wildman–Crippen LogP) is 4.94. The lowest BCUT2D eigenvalue weighted by Crippen LogP contribution is -1.91. The van der Waals surface area contributed by atoms with E-state index in [0.717, 1.165) is 21.9 Å². The van der Waals surface area contributed by atoms with Crippen molar-refractivity contribution < 1.29 is 4.74 Å². The molecule has 1 nitrogen and oxygen atoms in total. The molecule has 0 saturated heterocycles. The van der Waals surface area contributed by atoms with Crippen molar-refractivity contribution in [2.45, 2.75) is 20.8 Å². The lowest BCUT2D eigenvalue weighted by Gasteiger charge is -2.13. The van der Waals surface area contributed by atoms with Crippen molar-refractivity contribution in [3.63, 3.8) is 0 Å². The SMILES string of the molecule is COc1ccc(C)cc1-c1cc(C)c(C)cc1Cl. The van der Waals surface area contributed by atoms with Crippen LogP contribution in [0.5, 0.6) is 5.75 Å². The Labute approximate surface area is 113 Å². The Bertz CT molecular complexity index is 588. The quantitative estimate of drug-likeness (QED) is 0.743. The van der Waals surface area contributed by atoms with Crippen LogP contribution in [0, 0.1) is 20.8 Å². The standard InChI is InChI=1S/C16H17ClO/c1-10-5-6-16(18-4)14(7-10)13-8-11(2)12(3)9-15(13)17/h5-9H,1-4H3. The fourth-order valence-electron chi connectivity index (χ4n) is 2.02. The number of ether oxygens (including phenoxy) is 1. The number of halogens is 1. The van der Waals surface area contributed by atoms with Gasteiger partial charge >= 0.3 is 0 Å². The largest absolute Gasteiger partial charge is 0.496 e. The fraction of sp³-hybridized carbons (Fsp3) is 0.250. The summed E-state index contributed by atoms with van der Waals surface area (Å²) in [5.41, 5.74) is 5.71. The molecule has 2 aromatic rings. The molecule has 0 radical (unpaired) electrons. The molecule has 0 fully saturated rings. The van der Waals surface area contributed by atoms with E-state index in [1.165, 1.54) is 16.7 Å². The molecule has 94 valence electrons. The zero-order chi connectivity index (χ0) is 13.3. The lowest BCUT2D eigenvalue weighted by atomic mass is 9.98. The van der Waals surface area contributed by atoms with Gasteiger partial charge in [0, 0.05) is 16.1 Å². The van der Waals surface area contributed by atoms with Gasteiger partial charge in [-0.05, 0) is 56.2 Å². The topological polar surface area (TPSA) is 9.23 Å². The normalized spacial score (nSPS) is 10.5. The van der Waals surface area contributed by atoms with E-state index in [1.54, 1.807) is 7.11 Å². The Hall–Kier alpha value is -1.47. The Morgan fingerprint density at radius 2 is 1.56 bits per heavy atom. The van der Waals surface area contributed by atoms with E-state index in [9.17, 15) is 0 Å². The van der Waals surface area contributed by atoms with Crippen LogP contribution in [0.2, 0.25) is 5.02 Å². The first kappa shape index (κ1) is 13.0. The van der Waals surface area contributed by atoms with Crippen molar-refractivity contribution in [1.29, 1.82) is 0 Å². The molecule has 0 saturated carbocycles. The average molecular weight is 261 g/mol.